The molecule has 316 valence electrons. The van der Waals surface area contributed by atoms with E-state index in [0.717, 1.165) is 21.6 Å². The van der Waals surface area contributed by atoms with Gasteiger partial charge in [-0.3, -0.25) is 9.59 Å². The van der Waals surface area contributed by atoms with Crippen molar-refractivity contribution >= 4 is 33.9 Å². The minimum absolute atomic E-state index is 0.131. The van der Waals surface area contributed by atoms with Gasteiger partial charge < -0.3 is 47.4 Å². The molecule has 1 aromatic heterocycles. The van der Waals surface area contributed by atoms with E-state index < -0.39 is 73.0 Å². The largest absolute Gasteiger partial charge is 0.461 e. The third-order valence-electron chi connectivity index (χ3n) is 10.2. The lowest BCUT2D eigenvalue weighted by atomic mass is 9.98. The van der Waals surface area contributed by atoms with Crippen molar-refractivity contribution in [2.24, 2.45) is 0 Å². The molecule has 9 atom stereocenters. The van der Waals surface area contributed by atoms with Crippen LogP contribution in [-0.4, -0.2) is 98.3 Å². The molecule has 15 heteroatoms. The number of aryl methyl sites for hydroxylation is 1. The number of halogens is 1. The standard InChI is InChI=1S/C44H50BrNO13/c1-27-36(31-19-12-7-13-20-31)59-44(50)46(27)42(49)40(51-3)38(56-28(2)48)34-23-32(45)33(57-34)21-14-22-53-41-39(55-26-30-17-10-6-11-18-30)37(35(24-47)58-43(41)52-4)54-25-29-15-8-5-9-16-29/h5-13,15-20,23,27,35-41,43,47H,14,21-22,24-26H2,1-4H3. The van der Waals surface area contributed by atoms with Crippen LogP contribution in [0.1, 0.15) is 60.7 Å². The molecular formula is C44H50BrNO13. The number of methoxy groups -OCH3 is 2. The summed E-state index contributed by atoms with van der Waals surface area (Å²) in [6.07, 6.45) is -7.27. The average Bonchev–Trinajstić information content (AvgIpc) is 3.77. The Hall–Kier alpha value is -4.45. The van der Waals surface area contributed by atoms with E-state index in [4.69, 9.17) is 42.3 Å². The van der Waals surface area contributed by atoms with Gasteiger partial charge in [-0.05, 0) is 52.0 Å². The first-order chi connectivity index (χ1) is 28.6. The Bertz CT molecular complexity index is 1950. The second-order valence-electron chi connectivity index (χ2n) is 14.2. The zero-order valence-corrected chi connectivity index (χ0v) is 34.9. The number of rotatable bonds is 19. The van der Waals surface area contributed by atoms with Crippen molar-refractivity contribution in [3.05, 3.63) is 130 Å². The van der Waals surface area contributed by atoms with E-state index in [9.17, 15) is 19.5 Å². The molecule has 0 spiro atoms. The molecule has 0 radical (unpaired) electrons. The molecule has 6 rings (SSSR count). The zero-order valence-electron chi connectivity index (χ0n) is 33.3. The number of imide groups is 1. The van der Waals surface area contributed by atoms with Crippen LogP contribution in [0.2, 0.25) is 0 Å². The van der Waals surface area contributed by atoms with E-state index in [-0.39, 0.29) is 32.2 Å². The third kappa shape index (κ3) is 10.8. The number of carbonyl (C=O) groups is 3. The van der Waals surface area contributed by atoms with Gasteiger partial charge in [0.2, 0.25) is 0 Å². The van der Waals surface area contributed by atoms with E-state index in [1.807, 2.05) is 91.0 Å². The van der Waals surface area contributed by atoms with E-state index >= 15 is 0 Å². The van der Waals surface area contributed by atoms with Crippen LogP contribution in [0, 0.1) is 0 Å². The molecule has 4 aromatic rings. The van der Waals surface area contributed by atoms with Gasteiger partial charge in [0, 0.05) is 34.2 Å². The number of ether oxygens (including phenoxy) is 8. The summed E-state index contributed by atoms with van der Waals surface area (Å²) in [4.78, 5) is 40.4. The quantitative estimate of drug-likeness (QED) is 0.0791. The molecule has 0 aliphatic carbocycles. The number of carbonyl (C=O) groups excluding carboxylic acids is 3. The molecule has 59 heavy (non-hydrogen) atoms. The molecule has 2 aliphatic rings. The minimum Gasteiger partial charge on any atom is -0.461 e. The van der Waals surface area contributed by atoms with Crippen molar-refractivity contribution < 1.29 is 61.8 Å². The maximum Gasteiger partial charge on any atom is 0.417 e. The fourth-order valence-corrected chi connectivity index (χ4v) is 7.79. The molecule has 2 amide bonds. The predicted octanol–water partition coefficient (Wildman–Crippen LogP) is 6.62. The summed E-state index contributed by atoms with van der Waals surface area (Å²) in [6.45, 7) is 3.30. The number of nitrogens with zero attached hydrogens (tertiary/aromatic N) is 1. The van der Waals surface area contributed by atoms with E-state index in [1.54, 1.807) is 13.0 Å². The third-order valence-corrected chi connectivity index (χ3v) is 10.9. The highest BCUT2D eigenvalue weighted by Crippen LogP contribution is 2.37. The van der Waals surface area contributed by atoms with E-state index in [0.29, 0.717) is 23.1 Å². The highest BCUT2D eigenvalue weighted by atomic mass is 79.9. The van der Waals surface area contributed by atoms with Crippen molar-refractivity contribution in [1.82, 2.24) is 4.90 Å². The first-order valence-corrected chi connectivity index (χ1v) is 20.2. The number of hydrogen-bond donors (Lipinski definition) is 1. The van der Waals surface area contributed by atoms with Crippen LogP contribution in [0.3, 0.4) is 0 Å². The second kappa shape index (κ2) is 21.2. The van der Waals surface area contributed by atoms with Gasteiger partial charge in [0.15, 0.2) is 18.5 Å². The van der Waals surface area contributed by atoms with Gasteiger partial charge in [-0.2, -0.15) is 0 Å². The van der Waals surface area contributed by atoms with Crippen LogP contribution in [0.15, 0.2) is 106 Å². The van der Waals surface area contributed by atoms with Gasteiger partial charge in [-0.15, -0.1) is 0 Å². The molecule has 0 saturated carbocycles. The lowest BCUT2D eigenvalue weighted by molar-refractivity contribution is -0.319. The summed E-state index contributed by atoms with van der Waals surface area (Å²) in [5.41, 5.74) is 2.62. The Morgan fingerprint density at radius 2 is 1.47 bits per heavy atom. The molecule has 3 heterocycles. The fraction of sp³-hybridized carbons (Fsp3) is 0.432. The Balaban J connectivity index is 1.15. The number of hydrogen-bond acceptors (Lipinski definition) is 13. The number of aliphatic hydroxyl groups excluding tert-OH is 1. The SMILES string of the molecule is COC1OC(CO)C(OCc2ccccc2)C(OCc2ccccc2)C1OCCCc1oc(C(OC(C)=O)C(OC)C(=O)N2C(=O)OC(c3ccccc3)C2C)cc1Br. The van der Waals surface area contributed by atoms with Crippen molar-refractivity contribution in [3.63, 3.8) is 0 Å². The number of amides is 2. The van der Waals surface area contributed by atoms with E-state index in [1.165, 1.54) is 21.1 Å². The molecule has 14 nitrogen and oxygen atoms in total. The molecule has 2 saturated heterocycles. The first kappa shape index (κ1) is 44.1. The lowest BCUT2D eigenvalue weighted by Crippen LogP contribution is -2.61. The van der Waals surface area contributed by atoms with Gasteiger partial charge in [0.05, 0.1) is 30.3 Å². The van der Waals surface area contributed by atoms with Gasteiger partial charge >= 0.3 is 12.1 Å². The van der Waals surface area contributed by atoms with Crippen molar-refractivity contribution in [2.45, 2.75) is 95.0 Å². The fourth-order valence-electron chi connectivity index (χ4n) is 7.29. The Morgan fingerprint density at radius 3 is 2.05 bits per heavy atom. The van der Waals surface area contributed by atoms with Crippen molar-refractivity contribution in [2.75, 3.05) is 27.4 Å². The van der Waals surface area contributed by atoms with Crippen molar-refractivity contribution in [1.29, 1.82) is 0 Å². The molecule has 9 unspecified atom stereocenters. The van der Waals surface area contributed by atoms with Crippen LogP contribution in [0.4, 0.5) is 4.79 Å². The second-order valence-corrected chi connectivity index (χ2v) is 15.0. The number of furan rings is 1. The summed E-state index contributed by atoms with van der Waals surface area (Å²) >= 11 is 3.55. The van der Waals surface area contributed by atoms with Gasteiger partial charge in [0.1, 0.15) is 42.0 Å². The maximum absolute atomic E-state index is 14.0. The smallest absolute Gasteiger partial charge is 0.417 e. The minimum atomic E-state index is -1.44. The summed E-state index contributed by atoms with van der Waals surface area (Å²) in [7, 11) is 2.79. The van der Waals surface area contributed by atoms with Crippen LogP contribution < -0.4 is 0 Å². The normalized spacial score (nSPS) is 24.1. The average molecular weight is 881 g/mol. The monoisotopic (exact) mass is 879 g/mol. The summed E-state index contributed by atoms with van der Waals surface area (Å²) in [5, 5.41) is 10.4. The molecule has 0 bridgehead atoms. The Kier molecular flexibility index (Phi) is 15.8. The highest BCUT2D eigenvalue weighted by molar-refractivity contribution is 9.10. The van der Waals surface area contributed by atoms with Crippen LogP contribution in [-0.2, 0) is 67.1 Å². The summed E-state index contributed by atoms with van der Waals surface area (Å²) in [5.74, 6) is -0.817. The predicted molar refractivity (Wildman–Crippen MR) is 215 cm³/mol. The molecule has 2 fully saturated rings. The van der Waals surface area contributed by atoms with Gasteiger partial charge in [0.25, 0.3) is 5.91 Å². The van der Waals surface area contributed by atoms with Crippen molar-refractivity contribution in [3.8, 4) is 0 Å². The summed E-state index contributed by atoms with van der Waals surface area (Å²) in [6, 6.07) is 29.4. The molecule has 2 aliphatic heterocycles. The van der Waals surface area contributed by atoms with Crippen LogP contribution in [0.5, 0.6) is 0 Å². The molecular weight excluding hydrogens is 830 g/mol. The Labute approximate surface area is 351 Å². The summed E-state index contributed by atoms with van der Waals surface area (Å²) < 4.78 is 54.8. The number of cyclic esters (lactones) is 1. The molecule has 3 aromatic carbocycles. The maximum atomic E-state index is 14.0. The number of esters is 1. The topological polar surface area (TPSA) is 162 Å². The lowest BCUT2D eigenvalue weighted by Gasteiger charge is -2.45. The zero-order chi connectivity index (χ0) is 41.9. The van der Waals surface area contributed by atoms with Gasteiger partial charge in [-0.25, -0.2) is 9.69 Å². The van der Waals surface area contributed by atoms with Crippen LogP contribution >= 0.6 is 15.9 Å². The highest BCUT2D eigenvalue weighted by Gasteiger charge is 2.50. The van der Waals surface area contributed by atoms with Gasteiger partial charge in [-0.1, -0.05) is 91.0 Å². The first-order valence-electron chi connectivity index (χ1n) is 19.4. The number of aliphatic hydroxyl groups is 1. The Morgan fingerprint density at radius 1 is 0.864 bits per heavy atom. The van der Waals surface area contributed by atoms with E-state index in [2.05, 4.69) is 15.9 Å². The number of benzene rings is 3. The molecule has 1 N–H and O–H groups in total. The van der Waals surface area contributed by atoms with Crippen LogP contribution in [0.25, 0.3) is 0 Å².